The molecule has 7 heteroatoms. The van der Waals surface area contributed by atoms with E-state index in [1.807, 2.05) is 103 Å². The molecule has 0 aliphatic carbocycles. The molecule has 188 valence electrons. The third kappa shape index (κ3) is 4.85. The van der Waals surface area contributed by atoms with Crippen LogP contribution in [0.4, 0.5) is 4.79 Å². The normalized spacial score (nSPS) is 22.0. The van der Waals surface area contributed by atoms with Gasteiger partial charge in [0.2, 0.25) is 5.91 Å². The van der Waals surface area contributed by atoms with Gasteiger partial charge in [-0.25, -0.2) is 9.59 Å². The van der Waals surface area contributed by atoms with Crippen LogP contribution in [0.2, 0.25) is 0 Å². The van der Waals surface area contributed by atoms with E-state index in [0.717, 1.165) is 16.7 Å². The number of hydrogen-bond donors (Lipinski definition) is 0. The number of nitrogens with zero attached hydrogens (tertiary/aromatic N) is 2. The fraction of sp³-hybridized carbons (Fsp3) is 0.233. The number of ether oxygens (including phenoxy) is 2. The number of likely N-dealkylation sites (tertiary alicyclic amines) is 1. The van der Waals surface area contributed by atoms with Gasteiger partial charge in [-0.3, -0.25) is 9.69 Å². The van der Waals surface area contributed by atoms with Crippen LogP contribution >= 0.6 is 0 Å². The highest BCUT2D eigenvalue weighted by molar-refractivity contribution is 5.97. The molecule has 0 N–H and O–H groups in total. The maximum absolute atomic E-state index is 13.8. The highest BCUT2D eigenvalue weighted by atomic mass is 16.6. The Labute approximate surface area is 215 Å². The van der Waals surface area contributed by atoms with Gasteiger partial charge in [0.15, 0.2) is 0 Å². The molecule has 3 unspecified atom stereocenters. The summed E-state index contributed by atoms with van der Waals surface area (Å²) < 4.78 is 10.5. The van der Waals surface area contributed by atoms with Crippen molar-refractivity contribution in [3.8, 4) is 0 Å². The minimum absolute atomic E-state index is 0.159. The molecule has 7 nitrogen and oxygen atoms in total. The lowest BCUT2D eigenvalue weighted by Crippen LogP contribution is -2.74. The van der Waals surface area contributed by atoms with Crippen LogP contribution in [0.5, 0.6) is 0 Å². The molecule has 5 rings (SSSR count). The second-order valence-corrected chi connectivity index (χ2v) is 9.09. The fourth-order valence-corrected chi connectivity index (χ4v) is 5.07. The van der Waals surface area contributed by atoms with Gasteiger partial charge < -0.3 is 14.4 Å². The Morgan fingerprint density at radius 1 is 0.973 bits per heavy atom. The molecule has 3 aromatic carbocycles. The summed E-state index contributed by atoms with van der Waals surface area (Å²) in [4.78, 5) is 42.7. The van der Waals surface area contributed by atoms with Crippen molar-refractivity contribution in [2.24, 2.45) is 0 Å². The van der Waals surface area contributed by atoms with E-state index in [2.05, 4.69) is 0 Å². The predicted octanol–water partition coefficient (Wildman–Crippen LogP) is 4.26. The zero-order valence-electron chi connectivity index (χ0n) is 20.5. The van der Waals surface area contributed by atoms with E-state index < -0.39 is 36.2 Å². The molecule has 2 saturated heterocycles. The maximum Gasteiger partial charge on any atom is 0.411 e. The summed E-state index contributed by atoms with van der Waals surface area (Å²) in [5, 5.41) is 0. The van der Waals surface area contributed by atoms with Gasteiger partial charge in [0.05, 0.1) is 19.2 Å². The van der Waals surface area contributed by atoms with Gasteiger partial charge >= 0.3 is 12.1 Å². The van der Waals surface area contributed by atoms with Gasteiger partial charge in [0, 0.05) is 6.42 Å². The van der Waals surface area contributed by atoms with Crippen molar-refractivity contribution >= 4 is 24.0 Å². The number of esters is 1. The summed E-state index contributed by atoms with van der Waals surface area (Å²) in [6, 6.07) is 26.1. The average molecular weight is 497 g/mol. The molecular formula is C30H28N2O5. The quantitative estimate of drug-likeness (QED) is 0.344. The lowest BCUT2D eigenvalue weighted by Gasteiger charge is -2.52. The predicted molar refractivity (Wildman–Crippen MR) is 138 cm³/mol. The zero-order chi connectivity index (χ0) is 25.8. The monoisotopic (exact) mass is 496 g/mol. The lowest BCUT2D eigenvalue weighted by atomic mass is 9.87. The van der Waals surface area contributed by atoms with E-state index in [0.29, 0.717) is 6.42 Å². The minimum atomic E-state index is -0.838. The van der Waals surface area contributed by atoms with Crippen molar-refractivity contribution in [3.05, 3.63) is 114 Å². The molecule has 2 aliphatic heterocycles. The first-order valence-electron chi connectivity index (χ1n) is 12.3. The van der Waals surface area contributed by atoms with Crippen LogP contribution in [0.15, 0.2) is 97.1 Å². The fourth-order valence-electron chi connectivity index (χ4n) is 5.07. The Morgan fingerprint density at radius 3 is 2.24 bits per heavy atom. The molecule has 3 aromatic rings. The van der Waals surface area contributed by atoms with Gasteiger partial charge in [-0.15, -0.1) is 0 Å². The van der Waals surface area contributed by atoms with Crippen molar-refractivity contribution < 1.29 is 23.9 Å². The van der Waals surface area contributed by atoms with E-state index in [1.54, 1.807) is 0 Å². The van der Waals surface area contributed by atoms with Gasteiger partial charge in [-0.1, -0.05) is 103 Å². The average Bonchev–Trinajstić information content (AvgIpc) is 3.32. The topological polar surface area (TPSA) is 76.2 Å². The lowest BCUT2D eigenvalue weighted by molar-refractivity contribution is -0.169. The highest BCUT2D eigenvalue weighted by Crippen LogP contribution is 2.39. The Bertz CT molecular complexity index is 1280. The molecule has 0 saturated carbocycles. The number of carbonyl (C=O) groups excluding carboxylic acids is 3. The smallest absolute Gasteiger partial charge is 0.411 e. The molecule has 2 amide bonds. The Kier molecular flexibility index (Phi) is 7.03. The van der Waals surface area contributed by atoms with Gasteiger partial charge in [0.1, 0.15) is 18.7 Å². The van der Waals surface area contributed by atoms with E-state index in [-0.39, 0.29) is 12.5 Å². The van der Waals surface area contributed by atoms with Crippen molar-refractivity contribution in [3.63, 3.8) is 0 Å². The van der Waals surface area contributed by atoms with Crippen LogP contribution in [-0.4, -0.2) is 59.6 Å². The van der Waals surface area contributed by atoms with Crippen molar-refractivity contribution in [1.82, 2.24) is 9.80 Å². The summed E-state index contributed by atoms with van der Waals surface area (Å²) in [5.41, 5.74) is 2.74. The molecule has 2 aliphatic rings. The minimum Gasteiger partial charge on any atom is -0.467 e. The number of rotatable bonds is 8. The summed E-state index contributed by atoms with van der Waals surface area (Å²) in [7, 11) is 1.32. The van der Waals surface area contributed by atoms with E-state index in [9.17, 15) is 14.4 Å². The van der Waals surface area contributed by atoms with Crippen molar-refractivity contribution in [1.29, 1.82) is 0 Å². The van der Waals surface area contributed by atoms with E-state index >= 15 is 0 Å². The highest BCUT2D eigenvalue weighted by Gasteiger charge is 2.58. The number of hydrogen-bond acceptors (Lipinski definition) is 5. The Morgan fingerprint density at radius 2 is 1.59 bits per heavy atom. The van der Waals surface area contributed by atoms with Crippen LogP contribution in [0, 0.1) is 0 Å². The second-order valence-electron chi connectivity index (χ2n) is 9.09. The summed E-state index contributed by atoms with van der Waals surface area (Å²) in [6.45, 7) is 0.159. The van der Waals surface area contributed by atoms with Crippen LogP contribution in [0.25, 0.3) is 6.08 Å². The van der Waals surface area contributed by atoms with Gasteiger partial charge in [-0.2, -0.15) is 0 Å². The first kappa shape index (κ1) is 24.3. The number of benzene rings is 3. The number of methoxy groups -OCH3 is 1. The van der Waals surface area contributed by atoms with Crippen molar-refractivity contribution in [2.45, 2.75) is 30.6 Å². The summed E-state index contributed by atoms with van der Waals surface area (Å²) in [5.74, 6) is -0.814. The largest absolute Gasteiger partial charge is 0.467 e. The number of amides is 2. The van der Waals surface area contributed by atoms with Crippen LogP contribution in [-0.2, 0) is 25.5 Å². The van der Waals surface area contributed by atoms with Crippen LogP contribution in [0.3, 0.4) is 0 Å². The Hall–Kier alpha value is -4.39. The number of carbonyl (C=O) groups is 3. The number of cyclic esters (lactones) is 1. The molecule has 0 bridgehead atoms. The number of β-lactam (4-membered cyclic amide) rings is 1. The summed E-state index contributed by atoms with van der Waals surface area (Å²) >= 11 is 0. The molecule has 37 heavy (non-hydrogen) atoms. The van der Waals surface area contributed by atoms with E-state index in [1.165, 1.54) is 16.9 Å². The SMILES string of the molecule is COC(=O)C(Cc1ccccc1)N1C(=O)C(N2C(=O)OC[C@@H]2c2ccccc2)C1C=Cc1ccccc1. The third-order valence-corrected chi connectivity index (χ3v) is 6.91. The zero-order valence-corrected chi connectivity index (χ0v) is 20.5. The van der Waals surface area contributed by atoms with Gasteiger partial charge in [-0.05, 0) is 16.7 Å². The van der Waals surface area contributed by atoms with Crippen LogP contribution < -0.4 is 0 Å². The third-order valence-electron chi connectivity index (χ3n) is 6.91. The summed E-state index contributed by atoms with van der Waals surface area (Å²) in [6.07, 6.45) is 3.56. The molecule has 0 radical (unpaired) electrons. The first-order chi connectivity index (χ1) is 18.1. The second kappa shape index (κ2) is 10.7. The molecule has 0 spiro atoms. The molecule has 4 atom stereocenters. The molecular weight excluding hydrogens is 468 g/mol. The molecule has 2 heterocycles. The first-order valence-corrected chi connectivity index (χ1v) is 12.3. The van der Waals surface area contributed by atoms with Crippen molar-refractivity contribution in [2.75, 3.05) is 13.7 Å². The maximum atomic E-state index is 13.8. The van der Waals surface area contributed by atoms with E-state index in [4.69, 9.17) is 9.47 Å². The van der Waals surface area contributed by atoms with Crippen LogP contribution in [0.1, 0.15) is 22.7 Å². The standard InChI is InChI=1S/C30H28N2O5/c1-36-29(34)25(19-22-13-7-3-8-14-22)31-24(18-17-21-11-5-2-6-12-21)27(28(31)33)32-26(20-37-30(32)35)23-15-9-4-10-16-23/h2-18,24-27H,19-20H2,1H3/t24?,25?,26-,27?/m1/s1. The van der Waals surface area contributed by atoms with Gasteiger partial charge in [0.25, 0.3) is 0 Å². The molecule has 2 fully saturated rings. The molecule has 0 aromatic heterocycles. The Balaban J connectivity index is 1.51.